The smallest absolute Gasteiger partial charge is 0.378 e. The van der Waals surface area contributed by atoms with Crippen LogP contribution in [0, 0.1) is 6.92 Å². The molecule has 10 heteroatoms. The third kappa shape index (κ3) is 3.55. The van der Waals surface area contributed by atoms with Crippen LogP contribution in [0.1, 0.15) is 11.5 Å². The normalized spacial score (nSPS) is 15.1. The van der Waals surface area contributed by atoms with Crippen LogP contribution < -0.4 is 10.5 Å². The number of alkyl halides is 3. The first kappa shape index (κ1) is 19.3. The van der Waals surface area contributed by atoms with Gasteiger partial charge < -0.3 is 9.64 Å². The molecule has 3 aromatic rings. The van der Waals surface area contributed by atoms with Crippen LogP contribution in [0.25, 0.3) is 22.2 Å². The molecular weight excluding hydrogens is 387 g/mol. The third-order valence-electron chi connectivity index (χ3n) is 4.94. The van der Waals surface area contributed by atoms with Crippen molar-refractivity contribution < 1.29 is 17.9 Å². The number of aryl methyl sites for hydroxylation is 1. The van der Waals surface area contributed by atoms with E-state index < -0.39 is 11.9 Å². The molecule has 0 saturated carbocycles. The number of fused-ring (bicyclic) bond motifs is 1. The molecule has 1 fully saturated rings. The number of anilines is 1. The molecule has 4 heterocycles. The fraction of sp³-hybridized carbons (Fsp3) is 0.368. The molecular formula is C19H18F3N5O2. The van der Waals surface area contributed by atoms with Crippen molar-refractivity contribution in [3.05, 3.63) is 46.3 Å². The molecule has 3 aromatic heterocycles. The lowest BCUT2D eigenvalue weighted by Gasteiger charge is -2.28. The number of hydrogen-bond donors (Lipinski definition) is 0. The zero-order valence-electron chi connectivity index (χ0n) is 15.8. The van der Waals surface area contributed by atoms with E-state index in [1.807, 2.05) is 4.90 Å². The van der Waals surface area contributed by atoms with E-state index in [0.717, 1.165) is 12.3 Å². The van der Waals surface area contributed by atoms with Gasteiger partial charge in [0.05, 0.1) is 18.6 Å². The minimum absolute atomic E-state index is 0.245. The number of aromatic nitrogens is 4. The molecule has 0 bridgehead atoms. The third-order valence-corrected chi connectivity index (χ3v) is 4.94. The summed E-state index contributed by atoms with van der Waals surface area (Å²) in [5, 5.41) is 0.351. The fourth-order valence-corrected chi connectivity index (χ4v) is 3.22. The molecule has 0 spiro atoms. The topological polar surface area (TPSA) is 73.1 Å². The lowest BCUT2D eigenvalue weighted by molar-refractivity contribution is -0.141. The summed E-state index contributed by atoms with van der Waals surface area (Å²) in [6, 6.07) is 3.88. The van der Waals surface area contributed by atoms with E-state index in [4.69, 9.17) is 4.74 Å². The van der Waals surface area contributed by atoms with E-state index in [2.05, 4.69) is 15.0 Å². The molecule has 1 saturated heterocycles. The molecule has 0 radical (unpaired) electrons. The quantitative estimate of drug-likeness (QED) is 0.653. The molecule has 0 aromatic carbocycles. The Kier molecular flexibility index (Phi) is 4.73. The number of nitrogens with zero attached hydrogens (tertiary/aromatic N) is 5. The first-order chi connectivity index (χ1) is 13.8. The largest absolute Gasteiger partial charge is 0.433 e. The lowest BCUT2D eigenvalue weighted by atomic mass is 10.1. The Balaban J connectivity index is 1.94. The van der Waals surface area contributed by atoms with Crippen LogP contribution in [0.4, 0.5) is 19.0 Å². The van der Waals surface area contributed by atoms with Crippen molar-refractivity contribution in [2.24, 2.45) is 7.05 Å². The summed E-state index contributed by atoms with van der Waals surface area (Å²) < 4.78 is 45.4. The maximum absolute atomic E-state index is 12.9. The van der Waals surface area contributed by atoms with E-state index in [1.165, 1.54) is 10.6 Å². The number of pyridine rings is 2. The van der Waals surface area contributed by atoms with Gasteiger partial charge in [0.2, 0.25) is 0 Å². The van der Waals surface area contributed by atoms with Gasteiger partial charge >= 0.3 is 6.18 Å². The molecule has 29 heavy (non-hydrogen) atoms. The molecule has 0 unspecified atom stereocenters. The fourth-order valence-electron chi connectivity index (χ4n) is 3.22. The monoisotopic (exact) mass is 405 g/mol. The Labute approximate surface area is 163 Å². The SMILES string of the molecule is Cc1nc2c(-c3ccc(C(F)(F)F)nc3)nc(N3CCOCC3)cc2c(=O)n1C. The molecule has 7 nitrogen and oxygen atoms in total. The van der Waals surface area contributed by atoms with Gasteiger partial charge in [-0.1, -0.05) is 0 Å². The zero-order chi connectivity index (χ0) is 20.8. The van der Waals surface area contributed by atoms with Crippen LogP contribution in [-0.4, -0.2) is 45.8 Å². The average molecular weight is 405 g/mol. The Hall–Kier alpha value is -3.01. The Bertz CT molecular complexity index is 1120. The zero-order valence-corrected chi connectivity index (χ0v) is 15.8. The van der Waals surface area contributed by atoms with Crippen molar-refractivity contribution in [1.82, 2.24) is 19.5 Å². The van der Waals surface area contributed by atoms with Crippen molar-refractivity contribution >= 4 is 16.7 Å². The van der Waals surface area contributed by atoms with Gasteiger partial charge in [-0.15, -0.1) is 0 Å². The summed E-state index contributed by atoms with van der Waals surface area (Å²) in [7, 11) is 1.62. The summed E-state index contributed by atoms with van der Waals surface area (Å²) in [5.41, 5.74) is -0.214. The van der Waals surface area contributed by atoms with Gasteiger partial charge in [-0.2, -0.15) is 13.2 Å². The highest BCUT2D eigenvalue weighted by molar-refractivity contribution is 5.92. The summed E-state index contributed by atoms with van der Waals surface area (Å²) in [6.07, 6.45) is -3.42. The predicted octanol–water partition coefficient (Wildman–Crippen LogP) is 2.55. The Morgan fingerprint density at radius 1 is 1.14 bits per heavy atom. The maximum atomic E-state index is 12.9. The second-order valence-corrected chi connectivity index (χ2v) is 6.78. The number of hydrogen-bond acceptors (Lipinski definition) is 6. The van der Waals surface area contributed by atoms with Crippen LogP contribution in [0.5, 0.6) is 0 Å². The van der Waals surface area contributed by atoms with E-state index >= 15 is 0 Å². The second kappa shape index (κ2) is 7.11. The van der Waals surface area contributed by atoms with Crippen LogP contribution in [0.15, 0.2) is 29.2 Å². The maximum Gasteiger partial charge on any atom is 0.433 e. The van der Waals surface area contributed by atoms with Gasteiger partial charge in [-0.05, 0) is 25.1 Å². The summed E-state index contributed by atoms with van der Waals surface area (Å²) in [6.45, 7) is 3.94. The van der Waals surface area contributed by atoms with Crippen molar-refractivity contribution in [1.29, 1.82) is 0 Å². The van der Waals surface area contributed by atoms with Gasteiger partial charge in [-0.3, -0.25) is 14.3 Å². The van der Waals surface area contributed by atoms with Crippen molar-refractivity contribution in [2.45, 2.75) is 13.1 Å². The highest BCUT2D eigenvalue weighted by Gasteiger charge is 2.32. The van der Waals surface area contributed by atoms with Crippen molar-refractivity contribution in [2.75, 3.05) is 31.2 Å². The van der Waals surface area contributed by atoms with Crippen molar-refractivity contribution in [3.8, 4) is 11.3 Å². The van der Waals surface area contributed by atoms with Crippen LogP contribution in [0.2, 0.25) is 0 Å². The standard InChI is InChI=1S/C19H18F3N5O2/c1-11-24-17-13(18(28)26(11)2)9-15(27-5-7-29-8-6-27)25-16(17)12-3-4-14(23-10-12)19(20,21)22/h3-4,9-10H,5-8H2,1-2H3. The molecule has 0 atom stereocenters. The van der Waals surface area contributed by atoms with Crippen LogP contribution in [0.3, 0.4) is 0 Å². The van der Waals surface area contributed by atoms with Gasteiger partial charge in [0.1, 0.15) is 28.5 Å². The van der Waals surface area contributed by atoms with E-state index in [-0.39, 0.29) is 5.56 Å². The Morgan fingerprint density at radius 2 is 1.86 bits per heavy atom. The summed E-state index contributed by atoms with van der Waals surface area (Å²) in [5.74, 6) is 1.03. The molecule has 152 valence electrons. The molecule has 0 amide bonds. The molecule has 4 rings (SSSR count). The minimum atomic E-state index is -4.53. The van der Waals surface area contributed by atoms with Crippen LogP contribution in [-0.2, 0) is 18.0 Å². The first-order valence-corrected chi connectivity index (χ1v) is 9.00. The van der Waals surface area contributed by atoms with Gasteiger partial charge in [-0.25, -0.2) is 9.97 Å². The Morgan fingerprint density at radius 3 is 2.48 bits per heavy atom. The first-order valence-electron chi connectivity index (χ1n) is 9.00. The molecule has 1 aliphatic rings. The van der Waals surface area contributed by atoms with Gasteiger partial charge in [0, 0.05) is 31.9 Å². The summed E-state index contributed by atoms with van der Waals surface area (Å²) in [4.78, 5) is 27.5. The van der Waals surface area contributed by atoms with Crippen molar-refractivity contribution in [3.63, 3.8) is 0 Å². The van der Waals surface area contributed by atoms with Crippen LogP contribution >= 0.6 is 0 Å². The number of ether oxygens (including phenoxy) is 1. The molecule has 0 N–H and O–H groups in total. The van der Waals surface area contributed by atoms with E-state index in [1.54, 1.807) is 20.0 Å². The van der Waals surface area contributed by atoms with Gasteiger partial charge in [0.15, 0.2) is 0 Å². The highest BCUT2D eigenvalue weighted by atomic mass is 19.4. The predicted molar refractivity (Wildman–Crippen MR) is 101 cm³/mol. The molecule has 0 aliphatic carbocycles. The number of morpholine rings is 1. The second-order valence-electron chi connectivity index (χ2n) is 6.78. The van der Waals surface area contributed by atoms with Gasteiger partial charge in [0.25, 0.3) is 5.56 Å². The number of rotatable bonds is 2. The average Bonchev–Trinajstić information content (AvgIpc) is 2.72. The lowest BCUT2D eigenvalue weighted by Crippen LogP contribution is -2.37. The minimum Gasteiger partial charge on any atom is -0.378 e. The molecule has 1 aliphatic heterocycles. The van der Waals surface area contributed by atoms with E-state index in [0.29, 0.717) is 60.1 Å². The highest BCUT2D eigenvalue weighted by Crippen LogP contribution is 2.31. The number of halogens is 3. The summed E-state index contributed by atoms with van der Waals surface area (Å²) >= 11 is 0. The van der Waals surface area contributed by atoms with E-state index in [9.17, 15) is 18.0 Å².